The second-order valence-electron chi connectivity index (χ2n) is 7.73. The maximum absolute atomic E-state index is 13.1. The molecule has 0 N–H and O–H groups in total. The molecular formula is C26H25FN2O4. The lowest BCUT2D eigenvalue weighted by molar-refractivity contribution is 0.0535. The third-order valence-electron chi connectivity index (χ3n) is 5.59. The van der Waals surface area contributed by atoms with Gasteiger partial charge in [-0.25, -0.2) is 4.39 Å². The zero-order valence-electron chi connectivity index (χ0n) is 18.4. The molecule has 0 bridgehead atoms. The Bertz CT molecular complexity index is 1110. The van der Waals surface area contributed by atoms with Crippen molar-refractivity contribution in [3.63, 3.8) is 0 Å². The standard InChI is InChI=1S/C26H25FN2O4/c1-32-24-17-21(9-12-23(24)33-18-19-5-3-2-4-6-19)26(31)29-15-13-28(14-16-29)25(30)20-7-10-22(27)11-8-20/h2-12,17H,13-16,18H2,1H3. The number of carbonyl (C=O) groups is 2. The van der Waals surface area contributed by atoms with Gasteiger partial charge in [0.05, 0.1) is 7.11 Å². The highest BCUT2D eigenvalue weighted by Gasteiger charge is 2.26. The Hall–Kier alpha value is -3.87. The molecule has 1 heterocycles. The molecule has 1 aliphatic heterocycles. The van der Waals surface area contributed by atoms with Crippen LogP contribution in [0.25, 0.3) is 0 Å². The fourth-order valence-corrected chi connectivity index (χ4v) is 3.73. The second kappa shape index (κ2) is 10.2. The fourth-order valence-electron chi connectivity index (χ4n) is 3.73. The third kappa shape index (κ3) is 5.31. The number of benzene rings is 3. The number of hydrogen-bond donors (Lipinski definition) is 0. The van der Waals surface area contributed by atoms with Crippen molar-refractivity contribution in [1.82, 2.24) is 9.80 Å². The van der Waals surface area contributed by atoms with Gasteiger partial charge in [-0.1, -0.05) is 30.3 Å². The van der Waals surface area contributed by atoms with Crippen molar-refractivity contribution in [3.05, 3.63) is 95.3 Å². The number of halogens is 1. The van der Waals surface area contributed by atoms with Gasteiger partial charge >= 0.3 is 0 Å². The molecule has 1 saturated heterocycles. The molecule has 1 aliphatic rings. The number of amides is 2. The molecule has 0 unspecified atom stereocenters. The predicted octanol–water partition coefficient (Wildman–Crippen LogP) is 4.01. The summed E-state index contributed by atoms with van der Waals surface area (Å²) in [6.07, 6.45) is 0. The molecule has 1 fully saturated rings. The van der Waals surface area contributed by atoms with Gasteiger partial charge in [-0.2, -0.15) is 0 Å². The van der Waals surface area contributed by atoms with Crippen LogP contribution in [0.5, 0.6) is 11.5 Å². The van der Waals surface area contributed by atoms with Gasteiger partial charge in [-0.3, -0.25) is 9.59 Å². The van der Waals surface area contributed by atoms with E-state index in [0.717, 1.165) is 5.56 Å². The van der Waals surface area contributed by atoms with Crippen molar-refractivity contribution in [2.45, 2.75) is 6.61 Å². The first-order valence-corrected chi connectivity index (χ1v) is 10.7. The Kier molecular flexibility index (Phi) is 6.88. The zero-order valence-corrected chi connectivity index (χ0v) is 18.4. The Balaban J connectivity index is 1.37. The van der Waals surface area contributed by atoms with Gasteiger partial charge in [0, 0.05) is 37.3 Å². The number of nitrogens with zero attached hydrogens (tertiary/aromatic N) is 2. The normalized spacial score (nSPS) is 13.5. The highest BCUT2D eigenvalue weighted by atomic mass is 19.1. The lowest BCUT2D eigenvalue weighted by Gasteiger charge is -2.35. The summed E-state index contributed by atoms with van der Waals surface area (Å²) in [4.78, 5) is 29.0. The van der Waals surface area contributed by atoms with E-state index >= 15 is 0 Å². The van der Waals surface area contributed by atoms with Gasteiger partial charge in [-0.05, 0) is 48.0 Å². The van der Waals surface area contributed by atoms with Crippen LogP contribution in [0.2, 0.25) is 0 Å². The van der Waals surface area contributed by atoms with Gasteiger partial charge in [0.2, 0.25) is 0 Å². The Morgan fingerprint density at radius 1 is 0.788 bits per heavy atom. The van der Waals surface area contributed by atoms with E-state index < -0.39 is 0 Å². The van der Waals surface area contributed by atoms with Crippen molar-refractivity contribution in [2.75, 3.05) is 33.3 Å². The molecular weight excluding hydrogens is 423 g/mol. The van der Waals surface area contributed by atoms with E-state index in [2.05, 4.69) is 0 Å². The van der Waals surface area contributed by atoms with Crippen molar-refractivity contribution in [3.8, 4) is 11.5 Å². The first-order valence-electron chi connectivity index (χ1n) is 10.7. The summed E-state index contributed by atoms with van der Waals surface area (Å²) >= 11 is 0. The molecule has 0 saturated carbocycles. The summed E-state index contributed by atoms with van der Waals surface area (Å²) in [6, 6.07) is 20.4. The monoisotopic (exact) mass is 448 g/mol. The summed E-state index contributed by atoms with van der Waals surface area (Å²) in [5, 5.41) is 0. The van der Waals surface area contributed by atoms with Crippen LogP contribution in [0, 0.1) is 5.82 Å². The third-order valence-corrected chi connectivity index (χ3v) is 5.59. The average Bonchev–Trinajstić information content (AvgIpc) is 2.87. The summed E-state index contributed by atoms with van der Waals surface area (Å²) in [6.45, 7) is 2.06. The maximum atomic E-state index is 13.1. The number of ether oxygens (including phenoxy) is 2. The van der Waals surface area contributed by atoms with E-state index in [4.69, 9.17) is 9.47 Å². The molecule has 0 atom stereocenters. The van der Waals surface area contributed by atoms with Crippen LogP contribution in [-0.4, -0.2) is 54.9 Å². The molecule has 170 valence electrons. The van der Waals surface area contributed by atoms with E-state index in [0.29, 0.717) is 55.4 Å². The topological polar surface area (TPSA) is 59.1 Å². The van der Waals surface area contributed by atoms with Crippen LogP contribution in [0.15, 0.2) is 72.8 Å². The minimum atomic E-state index is -0.381. The van der Waals surface area contributed by atoms with Gasteiger partial charge in [-0.15, -0.1) is 0 Å². The Morgan fingerprint density at radius 3 is 1.97 bits per heavy atom. The molecule has 33 heavy (non-hydrogen) atoms. The second-order valence-corrected chi connectivity index (χ2v) is 7.73. The Morgan fingerprint density at radius 2 is 1.36 bits per heavy atom. The van der Waals surface area contributed by atoms with Crippen molar-refractivity contribution >= 4 is 11.8 Å². The summed E-state index contributed by atoms with van der Waals surface area (Å²) in [5.41, 5.74) is 1.97. The largest absolute Gasteiger partial charge is 0.493 e. The molecule has 2 amide bonds. The highest BCUT2D eigenvalue weighted by molar-refractivity contribution is 5.96. The molecule has 0 radical (unpaired) electrons. The van der Waals surface area contributed by atoms with Crippen molar-refractivity contribution in [1.29, 1.82) is 0 Å². The minimum Gasteiger partial charge on any atom is -0.493 e. The summed E-state index contributed by atoms with van der Waals surface area (Å²) < 4.78 is 24.4. The van der Waals surface area contributed by atoms with Crippen LogP contribution in [-0.2, 0) is 6.61 Å². The molecule has 0 aliphatic carbocycles. The maximum Gasteiger partial charge on any atom is 0.254 e. The van der Waals surface area contributed by atoms with Gasteiger partial charge in [0.1, 0.15) is 12.4 Å². The first kappa shape index (κ1) is 22.3. The number of piperazine rings is 1. The lowest BCUT2D eigenvalue weighted by Crippen LogP contribution is -2.50. The van der Waals surface area contributed by atoms with E-state index in [-0.39, 0.29) is 17.6 Å². The lowest BCUT2D eigenvalue weighted by atomic mass is 10.1. The highest BCUT2D eigenvalue weighted by Crippen LogP contribution is 2.29. The van der Waals surface area contributed by atoms with Crippen molar-refractivity contribution in [2.24, 2.45) is 0 Å². The molecule has 7 heteroatoms. The smallest absolute Gasteiger partial charge is 0.254 e. The average molecular weight is 448 g/mol. The number of carbonyl (C=O) groups excluding carboxylic acids is 2. The van der Waals surface area contributed by atoms with E-state index in [1.807, 2.05) is 30.3 Å². The predicted molar refractivity (Wildman–Crippen MR) is 122 cm³/mol. The van der Waals surface area contributed by atoms with Crippen LogP contribution >= 0.6 is 0 Å². The number of rotatable bonds is 6. The van der Waals surface area contributed by atoms with Crippen molar-refractivity contribution < 1.29 is 23.5 Å². The van der Waals surface area contributed by atoms with E-state index in [1.165, 1.54) is 24.3 Å². The molecule has 0 aromatic heterocycles. The van der Waals surface area contributed by atoms with Crippen LogP contribution in [0.4, 0.5) is 4.39 Å². The Labute approximate surface area is 192 Å². The zero-order chi connectivity index (χ0) is 23.2. The summed E-state index contributed by atoms with van der Waals surface area (Å²) in [7, 11) is 1.54. The summed E-state index contributed by atoms with van der Waals surface area (Å²) in [5.74, 6) is 0.379. The van der Waals surface area contributed by atoms with Crippen LogP contribution in [0.3, 0.4) is 0 Å². The minimum absolute atomic E-state index is 0.128. The molecule has 6 nitrogen and oxygen atoms in total. The molecule has 3 aromatic carbocycles. The SMILES string of the molecule is COc1cc(C(=O)N2CCN(C(=O)c3ccc(F)cc3)CC2)ccc1OCc1ccccc1. The van der Waals surface area contributed by atoms with Crippen LogP contribution in [0.1, 0.15) is 26.3 Å². The van der Waals surface area contributed by atoms with Gasteiger partial charge < -0.3 is 19.3 Å². The van der Waals surface area contributed by atoms with Gasteiger partial charge in [0.25, 0.3) is 11.8 Å². The number of hydrogen-bond acceptors (Lipinski definition) is 4. The van der Waals surface area contributed by atoms with E-state index in [1.54, 1.807) is 35.1 Å². The number of methoxy groups -OCH3 is 1. The van der Waals surface area contributed by atoms with Gasteiger partial charge in [0.15, 0.2) is 11.5 Å². The molecule has 3 aromatic rings. The molecule has 0 spiro atoms. The van der Waals surface area contributed by atoms with Crippen LogP contribution < -0.4 is 9.47 Å². The fraction of sp³-hybridized carbons (Fsp3) is 0.231. The quantitative estimate of drug-likeness (QED) is 0.572. The van der Waals surface area contributed by atoms with E-state index in [9.17, 15) is 14.0 Å². The first-order chi connectivity index (χ1) is 16.0. The molecule has 4 rings (SSSR count).